The first-order valence-corrected chi connectivity index (χ1v) is 6.70. The van der Waals surface area contributed by atoms with Crippen LogP contribution in [0.2, 0.25) is 0 Å². The summed E-state index contributed by atoms with van der Waals surface area (Å²) in [7, 11) is 0. The van der Waals surface area contributed by atoms with Crippen molar-refractivity contribution in [3.05, 3.63) is 29.8 Å². The molecule has 1 fully saturated rings. The highest BCUT2D eigenvalue weighted by Crippen LogP contribution is 2.21. The molecular formula is C15H20N2O2. The van der Waals surface area contributed by atoms with Crippen molar-refractivity contribution in [2.24, 2.45) is 0 Å². The fourth-order valence-corrected chi connectivity index (χ4v) is 2.57. The van der Waals surface area contributed by atoms with Crippen LogP contribution < -0.4 is 5.32 Å². The Hall–Kier alpha value is -1.84. The zero-order chi connectivity index (χ0) is 13.8. The molecule has 1 atom stereocenters. The number of nitrogens with zero attached hydrogens (tertiary/aromatic N) is 1. The van der Waals surface area contributed by atoms with Crippen LogP contribution in [-0.2, 0) is 4.79 Å². The number of rotatable bonds is 3. The number of benzene rings is 1. The van der Waals surface area contributed by atoms with Crippen LogP contribution in [0.5, 0.6) is 0 Å². The summed E-state index contributed by atoms with van der Waals surface area (Å²) >= 11 is 0. The minimum Gasteiger partial charge on any atom is -0.321 e. The fourth-order valence-electron chi connectivity index (χ4n) is 2.57. The van der Waals surface area contributed by atoms with E-state index in [1.165, 1.54) is 0 Å². The van der Waals surface area contributed by atoms with E-state index in [0.29, 0.717) is 6.42 Å². The second-order valence-electron chi connectivity index (χ2n) is 5.20. The average molecular weight is 260 g/mol. The monoisotopic (exact) mass is 260 g/mol. The lowest BCUT2D eigenvalue weighted by Crippen LogP contribution is -2.39. The Labute approximate surface area is 113 Å². The van der Waals surface area contributed by atoms with Gasteiger partial charge in [0.2, 0.25) is 0 Å². The molecule has 0 saturated carbocycles. The number of nitrogens with one attached hydrogen (secondary N) is 1. The van der Waals surface area contributed by atoms with Gasteiger partial charge < -0.3 is 10.2 Å². The summed E-state index contributed by atoms with van der Waals surface area (Å²) < 4.78 is 0. The molecule has 1 unspecified atom stereocenters. The molecule has 4 nitrogen and oxygen atoms in total. The third-order valence-corrected chi connectivity index (χ3v) is 3.43. The largest absolute Gasteiger partial charge is 0.322 e. The number of amides is 2. The molecule has 102 valence electrons. The molecule has 1 saturated heterocycles. The summed E-state index contributed by atoms with van der Waals surface area (Å²) in [6.45, 7) is 4.30. The van der Waals surface area contributed by atoms with Gasteiger partial charge in [0.15, 0.2) is 0 Å². The van der Waals surface area contributed by atoms with Crippen LogP contribution in [0.25, 0.3) is 0 Å². The Morgan fingerprint density at radius 3 is 2.89 bits per heavy atom. The highest BCUT2D eigenvalue weighted by Gasteiger charge is 2.29. The second-order valence-corrected chi connectivity index (χ2v) is 5.20. The number of ketones is 1. The maximum atomic E-state index is 12.2. The number of hydrogen-bond acceptors (Lipinski definition) is 2. The van der Waals surface area contributed by atoms with E-state index in [1.54, 1.807) is 11.8 Å². The summed E-state index contributed by atoms with van der Waals surface area (Å²) in [5.41, 5.74) is 1.91. The van der Waals surface area contributed by atoms with Gasteiger partial charge in [0.05, 0.1) is 0 Å². The standard InChI is InChI=1S/C15H20N2O2/c1-11-5-3-6-13(9-11)16-15(19)17-8-4-7-14(17)10-12(2)18/h3,5-6,9,14H,4,7-8,10H2,1-2H3,(H,16,19). The molecule has 1 heterocycles. The van der Waals surface area contributed by atoms with Crippen molar-refractivity contribution in [3.8, 4) is 0 Å². The molecule has 0 radical (unpaired) electrons. The topological polar surface area (TPSA) is 49.4 Å². The average Bonchev–Trinajstić information content (AvgIpc) is 2.76. The number of carbonyl (C=O) groups excluding carboxylic acids is 2. The minimum absolute atomic E-state index is 0.0577. The number of anilines is 1. The summed E-state index contributed by atoms with van der Waals surface area (Å²) in [6, 6.07) is 7.68. The number of urea groups is 1. The van der Waals surface area contributed by atoms with E-state index in [2.05, 4.69) is 5.32 Å². The first-order chi connectivity index (χ1) is 9.06. The molecule has 1 aromatic carbocycles. The van der Waals surface area contributed by atoms with Crippen molar-refractivity contribution < 1.29 is 9.59 Å². The van der Waals surface area contributed by atoms with Crippen LogP contribution in [0.3, 0.4) is 0 Å². The van der Waals surface area contributed by atoms with E-state index in [-0.39, 0.29) is 17.9 Å². The van der Waals surface area contributed by atoms with Gasteiger partial charge in [-0.1, -0.05) is 12.1 Å². The Morgan fingerprint density at radius 1 is 1.42 bits per heavy atom. The van der Waals surface area contributed by atoms with Crippen molar-refractivity contribution in [2.75, 3.05) is 11.9 Å². The summed E-state index contributed by atoms with van der Waals surface area (Å²) in [5, 5.41) is 2.90. The zero-order valence-corrected chi connectivity index (χ0v) is 11.5. The van der Waals surface area contributed by atoms with Crippen LogP contribution in [0, 0.1) is 6.92 Å². The van der Waals surface area contributed by atoms with Crippen molar-refractivity contribution >= 4 is 17.5 Å². The van der Waals surface area contributed by atoms with Crippen molar-refractivity contribution in [1.82, 2.24) is 4.90 Å². The van der Waals surface area contributed by atoms with Crippen LogP contribution in [0.15, 0.2) is 24.3 Å². The summed E-state index contributed by atoms with van der Waals surface area (Å²) in [6.07, 6.45) is 2.35. The van der Waals surface area contributed by atoms with E-state index < -0.39 is 0 Å². The van der Waals surface area contributed by atoms with Crippen molar-refractivity contribution in [2.45, 2.75) is 39.2 Å². The molecule has 2 amide bonds. The molecular weight excluding hydrogens is 240 g/mol. The molecule has 1 aliphatic rings. The van der Waals surface area contributed by atoms with Crippen molar-refractivity contribution in [1.29, 1.82) is 0 Å². The lowest BCUT2D eigenvalue weighted by atomic mass is 10.1. The van der Waals surface area contributed by atoms with E-state index in [0.717, 1.165) is 30.6 Å². The maximum absolute atomic E-state index is 12.2. The van der Waals surface area contributed by atoms with Gasteiger partial charge in [-0.15, -0.1) is 0 Å². The van der Waals surface area contributed by atoms with E-state index >= 15 is 0 Å². The van der Waals surface area contributed by atoms with Crippen LogP contribution in [0.1, 0.15) is 31.7 Å². The molecule has 2 rings (SSSR count). The van der Waals surface area contributed by atoms with Gasteiger partial charge in [-0.2, -0.15) is 0 Å². The van der Waals surface area contributed by atoms with Gasteiger partial charge in [-0.3, -0.25) is 4.79 Å². The Balaban J connectivity index is 2.01. The molecule has 19 heavy (non-hydrogen) atoms. The SMILES string of the molecule is CC(=O)CC1CCCN1C(=O)Nc1cccc(C)c1. The fraction of sp³-hybridized carbons (Fsp3) is 0.467. The predicted molar refractivity (Wildman–Crippen MR) is 75.2 cm³/mol. The maximum Gasteiger partial charge on any atom is 0.322 e. The van der Waals surface area contributed by atoms with Gasteiger partial charge >= 0.3 is 6.03 Å². The highest BCUT2D eigenvalue weighted by atomic mass is 16.2. The van der Waals surface area contributed by atoms with Gasteiger partial charge in [0.1, 0.15) is 5.78 Å². The number of Topliss-reactive ketones (excluding diaryl/α,β-unsaturated/α-hetero) is 1. The minimum atomic E-state index is -0.102. The van der Waals surface area contributed by atoms with Gasteiger partial charge in [-0.05, 0) is 44.4 Å². The van der Waals surface area contributed by atoms with Crippen LogP contribution in [0.4, 0.5) is 10.5 Å². The lowest BCUT2D eigenvalue weighted by molar-refractivity contribution is -0.117. The first-order valence-electron chi connectivity index (χ1n) is 6.70. The van der Waals surface area contributed by atoms with Gasteiger partial charge in [-0.25, -0.2) is 4.79 Å². The van der Waals surface area contributed by atoms with Gasteiger partial charge in [0, 0.05) is 24.7 Å². The zero-order valence-electron chi connectivity index (χ0n) is 11.5. The molecule has 4 heteroatoms. The normalized spacial score (nSPS) is 18.4. The molecule has 1 aromatic rings. The number of hydrogen-bond donors (Lipinski definition) is 1. The molecule has 0 bridgehead atoms. The van der Waals surface area contributed by atoms with Crippen molar-refractivity contribution in [3.63, 3.8) is 0 Å². The second kappa shape index (κ2) is 5.87. The number of carbonyl (C=O) groups is 2. The number of likely N-dealkylation sites (tertiary alicyclic amines) is 1. The summed E-state index contributed by atoms with van der Waals surface area (Å²) in [4.78, 5) is 25.2. The molecule has 0 aliphatic carbocycles. The molecule has 1 N–H and O–H groups in total. The van der Waals surface area contributed by atoms with E-state index in [1.807, 2.05) is 31.2 Å². The van der Waals surface area contributed by atoms with E-state index in [4.69, 9.17) is 0 Å². The number of aryl methyl sites for hydroxylation is 1. The Bertz CT molecular complexity index is 485. The quantitative estimate of drug-likeness (QED) is 0.908. The van der Waals surface area contributed by atoms with Gasteiger partial charge in [0.25, 0.3) is 0 Å². The Kier molecular flexibility index (Phi) is 4.20. The first kappa shape index (κ1) is 13.6. The third-order valence-electron chi connectivity index (χ3n) is 3.43. The smallest absolute Gasteiger partial charge is 0.321 e. The van der Waals surface area contributed by atoms with E-state index in [9.17, 15) is 9.59 Å². The Morgan fingerprint density at radius 2 is 2.21 bits per heavy atom. The molecule has 1 aliphatic heterocycles. The van der Waals surface area contributed by atoms with Crippen LogP contribution >= 0.6 is 0 Å². The predicted octanol–water partition coefficient (Wildman–Crippen LogP) is 2.97. The molecule has 0 spiro atoms. The van der Waals surface area contributed by atoms with Crippen LogP contribution in [-0.4, -0.2) is 29.3 Å². The highest BCUT2D eigenvalue weighted by molar-refractivity contribution is 5.90. The lowest BCUT2D eigenvalue weighted by Gasteiger charge is -2.24. The summed E-state index contributed by atoms with van der Waals surface area (Å²) in [5.74, 6) is 0.139. The molecule has 0 aromatic heterocycles. The third kappa shape index (κ3) is 3.56.